The Morgan fingerprint density at radius 1 is 1.38 bits per heavy atom. The van der Waals surface area contributed by atoms with Gasteiger partial charge in [-0.2, -0.15) is 5.26 Å². The van der Waals surface area contributed by atoms with E-state index in [1.807, 2.05) is 6.92 Å². The van der Waals surface area contributed by atoms with Crippen LogP contribution in [-0.2, 0) is 0 Å². The molecular weight excluding hydrogens is 160 g/mol. The Bertz CT molecular complexity index is 167. The number of hydrogen-bond donors (Lipinski definition) is 1. The van der Waals surface area contributed by atoms with Crippen LogP contribution in [0, 0.1) is 11.3 Å². The van der Waals surface area contributed by atoms with Gasteiger partial charge in [-0.3, -0.25) is 5.32 Å². The first-order chi connectivity index (χ1) is 6.31. The minimum atomic E-state index is -0.0414. The number of nitrogens with one attached hydrogen (secondary N) is 1. The van der Waals surface area contributed by atoms with E-state index >= 15 is 0 Å². The highest BCUT2D eigenvalue weighted by molar-refractivity contribution is 4.90. The second kappa shape index (κ2) is 9.28. The van der Waals surface area contributed by atoms with Gasteiger partial charge in [-0.25, -0.2) is 0 Å². The van der Waals surface area contributed by atoms with Gasteiger partial charge in [-0.05, 0) is 19.8 Å². The second-order valence-electron chi connectivity index (χ2n) is 3.23. The Kier molecular flexibility index (Phi) is 8.70. The smallest absolute Gasteiger partial charge is 0.0926 e. The molecule has 0 bridgehead atoms. The van der Waals surface area contributed by atoms with Gasteiger partial charge in [-0.15, -0.1) is 0 Å². The first-order valence-corrected chi connectivity index (χ1v) is 5.09. The molecule has 1 atom stereocenters. The summed E-state index contributed by atoms with van der Waals surface area (Å²) in [5, 5.41) is 11.5. The van der Waals surface area contributed by atoms with Crippen molar-refractivity contribution in [2.45, 2.75) is 45.6 Å². The van der Waals surface area contributed by atoms with Crippen molar-refractivity contribution in [2.24, 2.45) is 0 Å². The third-order valence-corrected chi connectivity index (χ3v) is 1.88. The van der Waals surface area contributed by atoms with Gasteiger partial charge in [0.15, 0.2) is 0 Å². The summed E-state index contributed by atoms with van der Waals surface area (Å²) in [5.74, 6) is 0. The lowest BCUT2D eigenvalue weighted by molar-refractivity contribution is 0.691. The molecule has 0 aromatic carbocycles. The molecule has 0 rings (SSSR count). The molecule has 1 unspecified atom stereocenters. The van der Waals surface area contributed by atoms with E-state index in [1.165, 1.54) is 19.3 Å². The molecule has 0 aliphatic rings. The quantitative estimate of drug-likeness (QED) is 0.483. The van der Waals surface area contributed by atoms with Gasteiger partial charge >= 0.3 is 0 Å². The zero-order valence-corrected chi connectivity index (χ0v) is 8.71. The van der Waals surface area contributed by atoms with Crippen molar-refractivity contribution >= 4 is 0 Å². The van der Waals surface area contributed by atoms with Gasteiger partial charge in [-0.1, -0.05) is 31.9 Å². The van der Waals surface area contributed by atoms with Crippen molar-refractivity contribution < 1.29 is 0 Å². The van der Waals surface area contributed by atoms with Crippen LogP contribution in [0.3, 0.4) is 0 Å². The molecule has 0 spiro atoms. The lowest BCUT2D eigenvalue weighted by Gasteiger charge is -2.00. The third-order valence-electron chi connectivity index (χ3n) is 1.88. The topological polar surface area (TPSA) is 35.8 Å². The van der Waals surface area contributed by atoms with Crippen LogP contribution in [0.1, 0.15) is 39.5 Å². The minimum absolute atomic E-state index is 0.0414. The van der Waals surface area contributed by atoms with Crippen LogP contribution in [0.4, 0.5) is 0 Å². The first kappa shape index (κ1) is 12.2. The van der Waals surface area contributed by atoms with E-state index in [0.717, 1.165) is 13.0 Å². The predicted octanol–water partition coefficient (Wildman–Crippen LogP) is 2.62. The molecule has 0 amide bonds. The van der Waals surface area contributed by atoms with Crippen molar-refractivity contribution in [3.05, 3.63) is 12.2 Å². The Morgan fingerprint density at radius 3 is 2.77 bits per heavy atom. The van der Waals surface area contributed by atoms with Crippen LogP contribution in [-0.4, -0.2) is 12.6 Å². The van der Waals surface area contributed by atoms with Crippen LogP contribution in [0.5, 0.6) is 0 Å². The number of unbranched alkanes of at least 4 members (excludes halogenated alkanes) is 3. The molecule has 0 heterocycles. The highest BCUT2D eigenvalue weighted by Gasteiger charge is 1.92. The summed E-state index contributed by atoms with van der Waals surface area (Å²) in [6.45, 7) is 4.88. The Hall–Kier alpha value is -0.810. The molecule has 0 saturated heterocycles. The summed E-state index contributed by atoms with van der Waals surface area (Å²) < 4.78 is 0. The molecule has 0 aromatic rings. The van der Waals surface area contributed by atoms with Crippen molar-refractivity contribution in [2.75, 3.05) is 6.54 Å². The third kappa shape index (κ3) is 9.10. The van der Waals surface area contributed by atoms with Crippen molar-refractivity contribution in [1.29, 1.82) is 5.26 Å². The molecule has 13 heavy (non-hydrogen) atoms. The molecule has 0 aliphatic carbocycles. The average Bonchev–Trinajstić information content (AvgIpc) is 2.16. The van der Waals surface area contributed by atoms with Gasteiger partial charge in [0.05, 0.1) is 12.1 Å². The van der Waals surface area contributed by atoms with E-state index in [1.54, 1.807) is 0 Å². The average molecular weight is 180 g/mol. The second-order valence-corrected chi connectivity index (χ2v) is 3.23. The Labute approximate surface area is 81.6 Å². The highest BCUT2D eigenvalue weighted by atomic mass is 14.9. The standard InChI is InChI=1S/C11H20N2/c1-3-4-5-6-7-8-9-13-11(2)10-12/h7-8,11,13H,3-6,9H2,1-2H3/b8-7+. The van der Waals surface area contributed by atoms with Crippen LogP contribution < -0.4 is 5.32 Å². The molecule has 0 fully saturated rings. The van der Waals surface area contributed by atoms with Crippen molar-refractivity contribution in [3.63, 3.8) is 0 Å². The molecule has 2 heteroatoms. The summed E-state index contributed by atoms with van der Waals surface area (Å²) in [5.41, 5.74) is 0. The molecule has 0 aliphatic heterocycles. The van der Waals surface area contributed by atoms with E-state index in [2.05, 4.69) is 30.5 Å². The van der Waals surface area contributed by atoms with E-state index in [9.17, 15) is 0 Å². The molecule has 0 aromatic heterocycles. The summed E-state index contributed by atoms with van der Waals surface area (Å²) in [6, 6.07) is 2.09. The summed E-state index contributed by atoms with van der Waals surface area (Å²) >= 11 is 0. The molecule has 0 radical (unpaired) electrons. The van der Waals surface area contributed by atoms with Crippen LogP contribution in [0.2, 0.25) is 0 Å². The highest BCUT2D eigenvalue weighted by Crippen LogP contribution is 1.98. The van der Waals surface area contributed by atoms with Crippen LogP contribution in [0.15, 0.2) is 12.2 Å². The van der Waals surface area contributed by atoms with Gasteiger partial charge in [0.25, 0.3) is 0 Å². The van der Waals surface area contributed by atoms with E-state index in [4.69, 9.17) is 5.26 Å². The van der Waals surface area contributed by atoms with Crippen molar-refractivity contribution in [3.8, 4) is 6.07 Å². The first-order valence-electron chi connectivity index (χ1n) is 5.09. The molecular formula is C11H20N2. The summed E-state index contributed by atoms with van der Waals surface area (Å²) in [7, 11) is 0. The Balaban J connectivity index is 3.18. The maximum Gasteiger partial charge on any atom is 0.0926 e. The number of nitriles is 1. The van der Waals surface area contributed by atoms with E-state index in [0.29, 0.717) is 0 Å². The number of hydrogen-bond acceptors (Lipinski definition) is 2. The number of rotatable bonds is 7. The predicted molar refractivity (Wildman–Crippen MR) is 56.4 cm³/mol. The van der Waals surface area contributed by atoms with Gasteiger partial charge in [0.2, 0.25) is 0 Å². The number of allylic oxidation sites excluding steroid dienone is 1. The van der Waals surface area contributed by atoms with Gasteiger partial charge in [0.1, 0.15) is 0 Å². The maximum atomic E-state index is 8.47. The monoisotopic (exact) mass is 180 g/mol. The van der Waals surface area contributed by atoms with E-state index in [-0.39, 0.29) is 6.04 Å². The van der Waals surface area contributed by atoms with Gasteiger partial charge in [0, 0.05) is 6.54 Å². The maximum absolute atomic E-state index is 8.47. The molecule has 2 nitrogen and oxygen atoms in total. The largest absolute Gasteiger partial charge is 0.299 e. The molecule has 74 valence electrons. The normalized spacial score (nSPS) is 13.0. The Morgan fingerprint density at radius 2 is 2.15 bits per heavy atom. The van der Waals surface area contributed by atoms with Crippen LogP contribution in [0.25, 0.3) is 0 Å². The lowest BCUT2D eigenvalue weighted by Crippen LogP contribution is -2.23. The zero-order valence-electron chi connectivity index (χ0n) is 8.71. The SMILES string of the molecule is CCCCC/C=C/CNC(C)C#N. The number of nitrogens with zero attached hydrogens (tertiary/aromatic N) is 1. The summed E-state index contributed by atoms with van der Waals surface area (Å²) in [4.78, 5) is 0. The zero-order chi connectivity index (χ0) is 9.94. The lowest BCUT2D eigenvalue weighted by atomic mass is 10.2. The fourth-order valence-electron chi connectivity index (χ4n) is 1.00. The fourth-order valence-corrected chi connectivity index (χ4v) is 1.00. The van der Waals surface area contributed by atoms with Crippen LogP contribution >= 0.6 is 0 Å². The van der Waals surface area contributed by atoms with Crippen molar-refractivity contribution in [1.82, 2.24) is 5.32 Å². The van der Waals surface area contributed by atoms with Gasteiger partial charge < -0.3 is 0 Å². The molecule has 1 N–H and O–H groups in total. The van der Waals surface area contributed by atoms with E-state index < -0.39 is 0 Å². The fraction of sp³-hybridized carbons (Fsp3) is 0.727. The minimum Gasteiger partial charge on any atom is -0.299 e. The molecule has 0 saturated carbocycles. The summed E-state index contributed by atoms with van der Waals surface area (Å²) in [6.07, 6.45) is 9.32.